The molecule has 0 radical (unpaired) electrons. The molecule has 4 heteroatoms. The second kappa shape index (κ2) is 4.38. The molecule has 4 nitrogen and oxygen atoms in total. The van der Waals surface area contributed by atoms with Gasteiger partial charge in [-0.05, 0) is 44.0 Å². The van der Waals surface area contributed by atoms with Crippen LogP contribution in [0.2, 0.25) is 0 Å². The Morgan fingerprint density at radius 2 is 2.21 bits per heavy atom. The highest BCUT2D eigenvalue weighted by Gasteiger charge is 2.29. The smallest absolute Gasteiger partial charge is 0.0794 e. The van der Waals surface area contributed by atoms with Crippen LogP contribution in [-0.2, 0) is 0 Å². The number of β-amino-alcohol motifs (C(OH)–C–C–N with tert-alkyl or cyclic N) is 1. The van der Waals surface area contributed by atoms with Gasteiger partial charge in [0.15, 0.2) is 0 Å². The summed E-state index contributed by atoms with van der Waals surface area (Å²) in [5, 5.41) is 11.2. The summed E-state index contributed by atoms with van der Waals surface area (Å²) < 4.78 is 0. The molecule has 2 aromatic rings. The van der Waals surface area contributed by atoms with E-state index in [0.29, 0.717) is 6.54 Å². The summed E-state index contributed by atoms with van der Waals surface area (Å²) in [4.78, 5) is 6.48. The molecule has 2 heterocycles. The van der Waals surface area contributed by atoms with Crippen LogP contribution in [0.1, 0.15) is 19.8 Å². The van der Waals surface area contributed by atoms with Crippen molar-refractivity contribution >= 4 is 22.3 Å². The highest BCUT2D eigenvalue weighted by molar-refractivity contribution is 5.97. The fourth-order valence-electron chi connectivity index (χ4n) is 2.87. The van der Waals surface area contributed by atoms with Crippen molar-refractivity contribution in [3.05, 3.63) is 30.5 Å². The van der Waals surface area contributed by atoms with Crippen LogP contribution in [0.3, 0.4) is 0 Å². The number of aromatic nitrogens is 1. The maximum atomic E-state index is 10.2. The molecular formula is C15H19N3O. The van der Waals surface area contributed by atoms with Crippen LogP contribution in [0.4, 0.5) is 11.4 Å². The lowest BCUT2D eigenvalue weighted by molar-refractivity contribution is 0.0450. The molecule has 0 amide bonds. The molecule has 3 N–H and O–H groups in total. The minimum absolute atomic E-state index is 0.628. The Morgan fingerprint density at radius 3 is 3.00 bits per heavy atom. The third-order valence-corrected chi connectivity index (χ3v) is 3.82. The molecule has 1 aromatic carbocycles. The van der Waals surface area contributed by atoms with Crippen molar-refractivity contribution in [2.24, 2.45) is 0 Å². The monoisotopic (exact) mass is 257 g/mol. The van der Waals surface area contributed by atoms with Crippen LogP contribution < -0.4 is 10.6 Å². The lowest BCUT2D eigenvalue weighted by Crippen LogP contribution is -2.46. The molecule has 1 fully saturated rings. The summed E-state index contributed by atoms with van der Waals surface area (Å²) in [6, 6.07) is 7.88. The van der Waals surface area contributed by atoms with Crippen LogP contribution in [-0.4, -0.2) is 28.8 Å². The van der Waals surface area contributed by atoms with Gasteiger partial charge >= 0.3 is 0 Å². The van der Waals surface area contributed by atoms with Crippen molar-refractivity contribution in [3.63, 3.8) is 0 Å². The van der Waals surface area contributed by atoms with Gasteiger partial charge in [0.2, 0.25) is 0 Å². The second-order valence-corrected chi connectivity index (χ2v) is 5.59. The van der Waals surface area contributed by atoms with Crippen LogP contribution >= 0.6 is 0 Å². The third kappa shape index (κ3) is 2.24. The van der Waals surface area contributed by atoms with Crippen molar-refractivity contribution in [1.82, 2.24) is 4.98 Å². The Hall–Kier alpha value is -1.81. The Balaban J connectivity index is 2.03. The molecule has 100 valence electrons. The number of nitrogens with two attached hydrogens (primary N) is 1. The molecule has 0 saturated carbocycles. The summed E-state index contributed by atoms with van der Waals surface area (Å²) in [5.74, 6) is 0. The molecular weight excluding hydrogens is 238 g/mol. The quantitative estimate of drug-likeness (QED) is 0.769. The Labute approximate surface area is 112 Å². The van der Waals surface area contributed by atoms with Crippen molar-refractivity contribution in [2.45, 2.75) is 25.4 Å². The minimum atomic E-state index is -0.630. The zero-order chi connectivity index (χ0) is 13.5. The van der Waals surface area contributed by atoms with Gasteiger partial charge < -0.3 is 15.7 Å². The standard InChI is InChI=1S/C15H19N3O/c1-15(19)7-3-9-18(10-15)13-6-5-12-11(14(13)16)4-2-8-17-12/h2,4-6,8,19H,3,7,9-10,16H2,1H3. The number of benzene rings is 1. The largest absolute Gasteiger partial charge is 0.396 e. The summed E-state index contributed by atoms with van der Waals surface area (Å²) in [5.41, 5.74) is 8.31. The van der Waals surface area contributed by atoms with Gasteiger partial charge in [-0.3, -0.25) is 4.98 Å². The lowest BCUT2D eigenvalue weighted by Gasteiger charge is -2.38. The van der Waals surface area contributed by atoms with Gasteiger partial charge in [-0.1, -0.05) is 0 Å². The van der Waals surface area contributed by atoms with E-state index in [1.54, 1.807) is 6.20 Å². The number of anilines is 2. The Kier molecular flexibility index (Phi) is 2.82. The number of piperidine rings is 1. The SMILES string of the molecule is CC1(O)CCCN(c2ccc3ncccc3c2N)C1. The van der Waals surface area contributed by atoms with Crippen molar-refractivity contribution < 1.29 is 5.11 Å². The number of nitrogens with zero attached hydrogens (tertiary/aromatic N) is 2. The number of nitrogen functional groups attached to an aromatic ring is 1. The average molecular weight is 257 g/mol. The first-order chi connectivity index (χ1) is 9.07. The predicted octanol–water partition coefficient (Wildman–Crippen LogP) is 2.17. The molecule has 0 bridgehead atoms. The van der Waals surface area contributed by atoms with Gasteiger partial charge in [-0.2, -0.15) is 0 Å². The van der Waals surface area contributed by atoms with E-state index in [9.17, 15) is 5.11 Å². The van der Waals surface area contributed by atoms with Crippen LogP contribution in [0.15, 0.2) is 30.5 Å². The van der Waals surface area contributed by atoms with E-state index in [0.717, 1.165) is 41.7 Å². The average Bonchev–Trinajstić information content (AvgIpc) is 2.38. The minimum Gasteiger partial charge on any atom is -0.396 e. The Bertz CT molecular complexity index is 609. The molecule has 0 spiro atoms. The Morgan fingerprint density at radius 1 is 1.37 bits per heavy atom. The van der Waals surface area contributed by atoms with Crippen molar-refractivity contribution in [2.75, 3.05) is 23.7 Å². The summed E-state index contributed by atoms with van der Waals surface area (Å²) in [6.45, 7) is 3.45. The molecule has 1 aromatic heterocycles. The topological polar surface area (TPSA) is 62.4 Å². The first-order valence-corrected chi connectivity index (χ1v) is 6.67. The van der Waals surface area contributed by atoms with Gasteiger partial charge in [0, 0.05) is 24.7 Å². The summed E-state index contributed by atoms with van der Waals surface area (Å²) in [6.07, 6.45) is 3.60. The van der Waals surface area contributed by atoms with Crippen molar-refractivity contribution in [1.29, 1.82) is 0 Å². The molecule has 19 heavy (non-hydrogen) atoms. The van der Waals surface area contributed by atoms with E-state index >= 15 is 0 Å². The summed E-state index contributed by atoms with van der Waals surface area (Å²) in [7, 11) is 0. The molecule has 0 aliphatic carbocycles. The molecule has 1 unspecified atom stereocenters. The van der Waals surface area contributed by atoms with Gasteiger partial charge in [0.1, 0.15) is 0 Å². The van der Waals surface area contributed by atoms with Crippen LogP contribution in [0.25, 0.3) is 10.9 Å². The highest BCUT2D eigenvalue weighted by atomic mass is 16.3. The normalized spacial score (nSPS) is 23.8. The number of aliphatic hydroxyl groups is 1. The fourth-order valence-corrected chi connectivity index (χ4v) is 2.87. The van der Waals surface area contributed by atoms with E-state index in [2.05, 4.69) is 9.88 Å². The first kappa shape index (κ1) is 12.2. The maximum absolute atomic E-state index is 10.2. The van der Waals surface area contributed by atoms with Gasteiger partial charge in [0.25, 0.3) is 0 Å². The first-order valence-electron chi connectivity index (χ1n) is 6.67. The van der Waals surface area contributed by atoms with Crippen molar-refractivity contribution in [3.8, 4) is 0 Å². The van der Waals surface area contributed by atoms with Crippen LogP contribution in [0.5, 0.6) is 0 Å². The van der Waals surface area contributed by atoms with Gasteiger partial charge in [-0.15, -0.1) is 0 Å². The summed E-state index contributed by atoms with van der Waals surface area (Å²) >= 11 is 0. The van der Waals surface area contributed by atoms with E-state index in [1.807, 2.05) is 31.2 Å². The van der Waals surface area contributed by atoms with E-state index in [1.165, 1.54) is 0 Å². The highest BCUT2D eigenvalue weighted by Crippen LogP contribution is 2.33. The molecule has 3 rings (SSSR count). The number of hydrogen-bond acceptors (Lipinski definition) is 4. The van der Waals surface area contributed by atoms with Gasteiger partial charge in [-0.25, -0.2) is 0 Å². The number of pyridine rings is 1. The lowest BCUT2D eigenvalue weighted by atomic mass is 9.94. The number of fused-ring (bicyclic) bond motifs is 1. The predicted molar refractivity (Wildman–Crippen MR) is 78.2 cm³/mol. The zero-order valence-electron chi connectivity index (χ0n) is 11.1. The van der Waals surface area contributed by atoms with E-state index in [4.69, 9.17) is 5.73 Å². The maximum Gasteiger partial charge on any atom is 0.0794 e. The number of rotatable bonds is 1. The zero-order valence-corrected chi connectivity index (χ0v) is 11.1. The fraction of sp³-hybridized carbons (Fsp3) is 0.400. The second-order valence-electron chi connectivity index (χ2n) is 5.59. The molecule has 1 saturated heterocycles. The van der Waals surface area contributed by atoms with Crippen LogP contribution in [0, 0.1) is 0 Å². The number of hydrogen-bond donors (Lipinski definition) is 2. The molecule has 1 aliphatic heterocycles. The van der Waals surface area contributed by atoms with E-state index in [-0.39, 0.29) is 0 Å². The van der Waals surface area contributed by atoms with E-state index < -0.39 is 5.60 Å². The molecule has 1 atom stereocenters. The molecule has 1 aliphatic rings. The third-order valence-electron chi connectivity index (χ3n) is 3.82. The van der Waals surface area contributed by atoms with Gasteiger partial charge in [0.05, 0.1) is 22.5 Å².